The summed E-state index contributed by atoms with van der Waals surface area (Å²) in [6, 6.07) is 1.60. The Morgan fingerprint density at radius 2 is 2.00 bits per heavy atom. The molecule has 3 N–H and O–H groups in total. The van der Waals surface area contributed by atoms with Gasteiger partial charge in [-0.05, 0) is 38.6 Å². The Bertz CT molecular complexity index is 390. The molecule has 2 aliphatic heterocycles. The summed E-state index contributed by atoms with van der Waals surface area (Å²) in [6.07, 6.45) is 8.67. The predicted octanol–water partition coefficient (Wildman–Crippen LogP) is 1.34. The fourth-order valence-corrected chi connectivity index (χ4v) is 3.37. The summed E-state index contributed by atoms with van der Waals surface area (Å²) in [5.74, 6) is 2.06. The second-order valence-corrected chi connectivity index (χ2v) is 5.60. The van der Waals surface area contributed by atoms with Crippen LogP contribution in [0.15, 0.2) is 12.4 Å². The van der Waals surface area contributed by atoms with Crippen LogP contribution in [0.5, 0.6) is 0 Å². The zero-order valence-electron chi connectivity index (χ0n) is 10.8. The summed E-state index contributed by atoms with van der Waals surface area (Å²) >= 11 is 0. The molecule has 3 rings (SSSR count). The Morgan fingerprint density at radius 3 is 2.61 bits per heavy atom. The van der Waals surface area contributed by atoms with Crippen LogP contribution in [0.1, 0.15) is 25.7 Å². The van der Waals surface area contributed by atoms with E-state index in [1.165, 1.54) is 25.7 Å². The zero-order valence-corrected chi connectivity index (χ0v) is 10.8. The summed E-state index contributed by atoms with van der Waals surface area (Å²) in [4.78, 5) is 10.8. The van der Waals surface area contributed by atoms with Crippen molar-refractivity contribution in [1.82, 2.24) is 14.9 Å². The normalized spacial score (nSPS) is 31.5. The highest BCUT2D eigenvalue weighted by atomic mass is 15.2. The molecular formula is C13H21N5. The lowest BCUT2D eigenvalue weighted by atomic mass is 9.91. The zero-order chi connectivity index (χ0) is 12.5. The lowest BCUT2D eigenvalue weighted by Crippen LogP contribution is -2.41. The molecule has 2 unspecified atom stereocenters. The van der Waals surface area contributed by atoms with Gasteiger partial charge in [-0.1, -0.05) is 0 Å². The molecule has 5 nitrogen and oxygen atoms in total. The van der Waals surface area contributed by atoms with Crippen molar-refractivity contribution >= 4 is 11.6 Å². The Hall–Kier alpha value is -1.36. The standard InChI is InChI=1S/C13H21N5/c1-18-10-2-3-11(18)5-9(4-10)6-16-13-8-15-12(14)7-17-13/h7-11H,2-6H2,1H3,(H2,14,15)(H,16,17). The van der Waals surface area contributed by atoms with Crippen LogP contribution in [0.3, 0.4) is 0 Å². The second-order valence-electron chi connectivity index (χ2n) is 5.60. The van der Waals surface area contributed by atoms with Gasteiger partial charge in [-0.2, -0.15) is 0 Å². The van der Waals surface area contributed by atoms with Crippen molar-refractivity contribution in [2.75, 3.05) is 24.6 Å². The maximum absolute atomic E-state index is 5.52. The molecule has 2 fully saturated rings. The van der Waals surface area contributed by atoms with E-state index >= 15 is 0 Å². The fourth-order valence-electron chi connectivity index (χ4n) is 3.37. The van der Waals surface area contributed by atoms with Crippen LogP contribution in [0, 0.1) is 5.92 Å². The molecule has 5 heteroatoms. The first-order valence-corrected chi connectivity index (χ1v) is 6.75. The largest absolute Gasteiger partial charge is 0.382 e. The third kappa shape index (κ3) is 2.27. The van der Waals surface area contributed by atoms with E-state index in [-0.39, 0.29) is 0 Å². The highest BCUT2D eigenvalue weighted by molar-refractivity contribution is 5.35. The molecule has 98 valence electrons. The van der Waals surface area contributed by atoms with Crippen molar-refractivity contribution in [1.29, 1.82) is 0 Å². The highest BCUT2D eigenvalue weighted by Gasteiger charge is 2.38. The van der Waals surface area contributed by atoms with Crippen LogP contribution in [0.2, 0.25) is 0 Å². The van der Waals surface area contributed by atoms with Gasteiger partial charge in [0.05, 0.1) is 12.4 Å². The molecule has 0 spiro atoms. The molecule has 1 aromatic rings. The Balaban J connectivity index is 1.54. The lowest BCUT2D eigenvalue weighted by molar-refractivity contribution is 0.139. The van der Waals surface area contributed by atoms with Crippen LogP contribution >= 0.6 is 0 Å². The summed E-state index contributed by atoms with van der Waals surface area (Å²) < 4.78 is 0. The third-order valence-electron chi connectivity index (χ3n) is 4.44. The molecule has 0 aromatic carbocycles. The summed E-state index contributed by atoms with van der Waals surface area (Å²) in [5, 5.41) is 3.38. The Kier molecular flexibility index (Phi) is 3.07. The van der Waals surface area contributed by atoms with Crippen molar-refractivity contribution in [3.8, 4) is 0 Å². The minimum Gasteiger partial charge on any atom is -0.382 e. The molecule has 18 heavy (non-hydrogen) atoms. The quantitative estimate of drug-likeness (QED) is 0.844. The van der Waals surface area contributed by atoms with E-state index in [1.807, 2.05) is 0 Å². The number of hydrogen-bond acceptors (Lipinski definition) is 5. The third-order valence-corrected chi connectivity index (χ3v) is 4.44. The molecule has 0 amide bonds. The molecule has 3 heterocycles. The van der Waals surface area contributed by atoms with Gasteiger partial charge in [-0.15, -0.1) is 0 Å². The number of piperidine rings is 1. The van der Waals surface area contributed by atoms with E-state index in [0.717, 1.165) is 30.4 Å². The number of fused-ring (bicyclic) bond motifs is 2. The van der Waals surface area contributed by atoms with Gasteiger partial charge in [0.2, 0.25) is 0 Å². The van der Waals surface area contributed by atoms with E-state index in [1.54, 1.807) is 12.4 Å². The van der Waals surface area contributed by atoms with E-state index in [2.05, 4.69) is 27.2 Å². The minimum absolute atomic E-state index is 0.470. The van der Waals surface area contributed by atoms with Gasteiger partial charge in [-0.3, -0.25) is 0 Å². The number of nitrogens with zero attached hydrogens (tertiary/aromatic N) is 3. The Labute approximate surface area is 108 Å². The Morgan fingerprint density at radius 1 is 1.28 bits per heavy atom. The first-order chi connectivity index (χ1) is 8.72. The van der Waals surface area contributed by atoms with Crippen LogP contribution in [0.4, 0.5) is 11.6 Å². The van der Waals surface area contributed by atoms with Gasteiger partial charge in [0, 0.05) is 18.6 Å². The van der Waals surface area contributed by atoms with Crippen molar-refractivity contribution in [2.45, 2.75) is 37.8 Å². The van der Waals surface area contributed by atoms with Crippen LogP contribution in [-0.2, 0) is 0 Å². The van der Waals surface area contributed by atoms with Gasteiger partial charge >= 0.3 is 0 Å². The van der Waals surface area contributed by atoms with Crippen LogP contribution < -0.4 is 11.1 Å². The molecule has 0 radical (unpaired) electrons. The molecule has 0 saturated carbocycles. The summed E-state index contributed by atoms with van der Waals surface area (Å²) in [7, 11) is 2.28. The molecule has 2 atom stereocenters. The van der Waals surface area contributed by atoms with Gasteiger partial charge < -0.3 is 16.0 Å². The van der Waals surface area contributed by atoms with Crippen molar-refractivity contribution in [3.63, 3.8) is 0 Å². The number of aromatic nitrogens is 2. The number of hydrogen-bond donors (Lipinski definition) is 2. The van der Waals surface area contributed by atoms with E-state index in [0.29, 0.717) is 5.82 Å². The maximum atomic E-state index is 5.52. The van der Waals surface area contributed by atoms with E-state index in [4.69, 9.17) is 5.73 Å². The number of rotatable bonds is 3. The molecule has 2 aliphatic rings. The fraction of sp³-hybridized carbons (Fsp3) is 0.692. The molecule has 2 saturated heterocycles. The summed E-state index contributed by atoms with van der Waals surface area (Å²) in [6.45, 7) is 0.999. The molecule has 1 aromatic heterocycles. The van der Waals surface area contributed by atoms with Crippen molar-refractivity contribution in [3.05, 3.63) is 12.4 Å². The number of anilines is 2. The minimum atomic E-state index is 0.470. The first-order valence-electron chi connectivity index (χ1n) is 6.75. The van der Waals surface area contributed by atoms with Crippen molar-refractivity contribution in [2.24, 2.45) is 5.92 Å². The van der Waals surface area contributed by atoms with E-state index in [9.17, 15) is 0 Å². The first kappa shape index (κ1) is 11.7. The average molecular weight is 247 g/mol. The smallest absolute Gasteiger partial charge is 0.144 e. The molecule has 0 aliphatic carbocycles. The summed E-state index contributed by atoms with van der Waals surface area (Å²) in [5.41, 5.74) is 5.52. The maximum Gasteiger partial charge on any atom is 0.144 e. The lowest BCUT2D eigenvalue weighted by Gasteiger charge is -2.36. The second kappa shape index (κ2) is 4.72. The molecule has 2 bridgehead atoms. The highest BCUT2D eigenvalue weighted by Crippen LogP contribution is 2.37. The predicted molar refractivity (Wildman–Crippen MR) is 72.2 cm³/mol. The average Bonchev–Trinajstić information content (AvgIpc) is 2.62. The van der Waals surface area contributed by atoms with Crippen LogP contribution in [-0.4, -0.2) is 40.5 Å². The van der Waals surface area contributed by atoms with Gasteiger partial charge in [0.1, 0.15) is 11.6 Å². The number of nitrogens with one attached hydrogen (secondary N) is 1. The van der Waals surface area contributed by atoms with Gasteiger partial charge in [-0.25, -0.2) is 9.97 Å². The monoisotopic (exact) mass is 247 g/mol. The van der Waals surface area contributed by atoms with E-state index < -0.39 is 0 Å². The SMILES string of the molecule is CN1C2CCC1CC(CNc1cnc(N)cn1)C2. The van der Waals surface area contributed by atoms with Crippen molar-refractivity contribution < 1.29 is 0 Å². The van der Waals surface area contributed by atoms with Crippen LogP contribution in [0.25, 0.3) is 0 Å². The topological polar surface area (TPSA) is 67.1 Å². The number of nitrogen functional groups attached to an aromatic ring is 1. The van der Waals surface area contributed by atoms with Gasteiger partial charge in [0.25, 0.3) is 0 Å². The number of nitrogens with two attached hydrogens (primary N) is 1. The molecular weight excluding hydrogens is 226 g/mol. The van der Waals surface area contributed by atoms with Gasteiger partial charge in [0.15, 0.2) is 0 Å².